The molecule has 0 radical (unpaired) electrons. The van der Waals surface area contributed by atoms with Crippen LogP contribution < -0.4 is 15.0 Å². The second-order valence-corrected chi connectivity index (χ2v) is 12.4. The standard InChI is InChI=1S/C33H31Cl2N5O4/c1-17(2)39-29-28(37-30(39)22-13-19(8-12-26(22)44-6)14-27(41)38(4)5)31(42)40(25-16-21(35)9-7-18(25)3)33(29)23-11-10-20(34)15-24(23)36-32(33)43/h7-13,15-17H,14H2,1-6H3,(H,36,43). The van der Waals surface area contributed by atoms with E-state index in [9.17, 15) is 14.4 Å². The van der Waals surface area contributed by atoms with Crippen LogP contribution >= 0.6 is 23.2 Å². The summed E-state index contributed by atoms with van der Waals surface area (Å²) in [7, 11) is 4.97. The lowest BCUT2D eigenvalue weighted by Crippen LogP contribution is -2.51. The van der Waals surface area contributed by atoms with E-state index in [4.69, 9.17) is 32.9 Å². The van der Waals surface area contributed by atoms with Crippen LogP contribution in [0.4, 0.5) is 11.4 Å². The average molecular weight is 633 g/mol. The van der Waals surface area contributed by atoms with Crippen LogP contribution in [0, 0.1) is 6.92 Å². The minimum Gasteiger partial charge on any atom is -0.496 e. The van der Waals surface area contributed by atoms with Gasteiger partial charge in [0.1, 0.15) is 11.6 Å². The lowest BCUT2D eigenvalue weighted by molar-refractivity contribution is -0.128. The third kappa shape index (κ3) is 4.29. The van der Waals surface area contributed by atoms with Gasteiger partial charge in [-0.2, -0.15) is 0 Å². The number of ether oxygens (including phenoxy) is 1. The van der Waals surface area contributed by atoms with E-state index in [1.165, 1.54) is 9.80 Å². The summed E-state index contributed by atoms with van der Waals surface area (Å²) >= 11 is 12.8. The average Bonchev–Trinajstić information content (AvgIpc) is 3.58. The number of amides is 3. The summed E-state index contributed by atoms with van der Waals surface area (Å²) in [4.78, 5) is 49.6. The van der Waals surface area contributed by atoms with Crippen LogP contribution in [0.1, 0.15) is 52.8 Å². The highest BCUT2D eigenvalue weighted by molar-refractivity contribution is 6.32. The molecule has 3 aromatic carbocycles. The van der Waals surface area contributed by atoms with Crippen molar-refractivity contribution in [1.29, 1.82) is 0 Å². The van der Waals surface area contributed by atoms with Crippen molar-refractivity contribution in [3.05, 3.63) is 92.7 Å². The van der Waals surface area contributed by atoms with Crippen molar-refractivity contribution in [2.24, 2.45) is 0 Å². The highest BCUT2D eigenvalue weighted by atomic mass is 35.5. The number of rotatable bonds is 6. The minimum atomic E-state index is -1.61. The molecule has 1 unspecified atom stereocenters. The number of halogens is 2. The molecule has 1 spiro atoms. The van der Waals surface area contributed by atoms with Crippen LogP contribution in [0.3, 0.4) is 0 Å². The molecule has 0 saturated heterocycles. The maximum atomic E-state index is 14.6. The molecule has 6 rings (SSSR count). The van der Waals surface area contributed by atoms with Crippen molar-refractivity contribution in [2.75, 3.05) is 31.4 Å². The van der Waals surface area contributed by atoms with E-state index in [-0.39, 0.29) is 24.1 Å². The van der Waals surface area contributed by atoms with E-state index >= 15 is 0 Å². The molecule has 0 bridgehead atoms. The minimum absolute atomic E-state index is 0.0598. The molecule has 9 nitrogen and oxygen atoms in total. The number of imidazole rings is 1. The zero-order chi connectivity index (χ0) is 31.7. The first-order valence-corrected chi connectivity index (χ1v) is 14.9. The zero-order valence-corrected chi connectivity index (χ0v) is 26.7. The van der Waals surface area contributed by atoms with Gasteiger partial charge in [-0.3, -0.25) is 19.3 Å². The molecule has 2 aliphatic heterocycles. The summed E-state index contributed by atoms with van der Waals surface area (Å²) in [6.07, 6.45) is 0.174. The number of aromatic nitrogens is 2. The van der Waals surface area contributed by atoms with E-state index in [0.29, 0.717) is 49.8 Å². The third-order valence-corrected chi connectivity index (χ3v) is 8.70. The number of hydrogen-bond acceptors (Lipinski definition) is 5. The fourth-order valence-corrected chi connectivity index (χ4v) is 6.54. The molecule has 44 heavy (non-hydrogen) atoms. The van der Waals surface area contributed by atoms with Gasteiger partial charge in [-0.15, -0.1) is 0 Å². The first-order valence-electron chi connectivity index (χ1n) is 14.1. The van der Waals surface area contributed by atoms with E-state index in [2.05, 4.69) is 5.32 Å². The Balaban J connectivity index is 1.68. The molecule has 0 aliphatic carbocycles. The topological polar surface area (TPSA) is 96.8 Å². The van der Waals surface area contributed by atoms with Gasteiger partial charge in [0.05, 0.1) is 30.5 Å². The number of methoxy groups -OCH3 is 1. The quantitative estimate of drug-likeness (QED) is 0.272. The van der Waals surface area contributed by atoms with Crippen LogP contribution in [-0.4, -0.2) is 53.4 Å². The van der Waals surface area contributed by atoms with E-state index in [1.807, 2.05) is 43.5 Å². The smallest absolute Gasteiger partial charge is 0.280 e. The van der Waals surface area contributed by atoms with Gasteiger partial charge >= 0.3 is 0 Å². The maximum Gasteiger partial charge on any atom is 0.280 e. The Morgan fingerprint density at radius 1 is 1.05 bits per heavy atom. The maximum absolute atomic E-state index is 14.6. The monoisotopic (exact) mass is 631 g/mol. The second-order valence-electron chi connectivity index (χ2n) is 11.5. The van der Waals surface area contributed by atoms with Gasteiger partial charge in [0.25, 0.3) is 11.8 Å². The predicted octanol–water partition coefficient (Wildman–Crippen LogP) is 6.24. The molecular weight excluding hydrogens is 601 g/mol. The largest absolute Gasteiger partial charge is 0.496 e. The van der Waals surface area contributed by atoms with Gasteiger partial charge in [0.15, 0.2) is 11.2 Å². The van der Waals surface area contributed by atoms with Crippen molar-refractivity contribution in [3.8, 4) is 17.1 Å². The molecule has 0 fully saturated rings. The summed E-state index contributed by atoms with van der Waals surface area (Å²) in [5, 5.41) is 3.86. The number of nitrogens with zero attached hydrogens (tertiary/aromatic N) is 4. The fourth-order valence-electron chi connectivity index (χ4n) is 6.20. The van der Waals surface area contributed by atoms with Crippen molar-refractivity contribution in [1.82, 2.24) is 14.5 Å². The van der Waals surface area contributed by atoms with Crippen molar-refractivity contribution in [3.63, 3.8) is 0 Å². The van der Waals surface area contributed by atoms with E-state index in [0.717, 1.165) is 11.1 Å². The van der Waals surface area contributed by atoms with E-state index in [1.54, 1.807) is 57.6 Å². The number of likely N-dealkylation sites (N-methyl/N-ethyl adjacent to an activating group) is 1. The Labute approximate surface area is 265 Å². The van der Waals surface area contributed by atoms with Gasteiger partial charge in [-0.25, -0.2) is 4.98 Å². The Bertz CT molecular complexity index is 1880. The molecule has 4 aromatic rings. The number of nitrogens with one attached hydrogen (secondary N) is 1. The molecule has 3 heterocycles. The summed E-state index contributed by atoms with van der Waals surface area (Å²) in [5.41, 5.74) is 2.66. The first kappa shape index (κ1) is 29.7. The molecule has 1 N–H and O–H groups in total. The highest BCUT2D eigenvalue weighted by Gasteiger charge is 2.64. The number of carbonyl (C=O) groups is 3. The van der Waals surface area contributed by atoms with Gasteiger partial charge in [0, 0.05) is 41.4 Å². The van der Waals surface area contributed by atoms with Crippen LogP contribution in [0.5, 0.6) is 5.75 Å². The summed E-state index contributed by atoms with van der Waals surface area (Å²) in [5.74, 6) is 0.0549. The van der Waals surface area contributed by atoms with Crippen molar-refractivity contribution < 1.29 is 19.1 Å². The molecular formula is C33H31Cl2N5O4. The SMILES string of the molecule is COc1ccc(CC(=O)N(C)C)cc1-c1nc2c(n1C(C)C)C1(C(=O)Nc3cc(Cl)ccc31)N(c1cc(Cl)ccc1C)C2=O. The van der Waals surface area contributed by atoms with Gasteiger partial charge in [-0.05, 0) is 68.3 Å². The third-order valence-electron chi connectivity index (χ3n) is 8.23. The van der Waals surface area contributed by atoms with Crippen molar-refractivity contribution >= 4 is 52.3 Å². The summed E-state index contributed by atoms with van der Waals surface area (Å²) < 4.78 is 7.67. The molecule has 1 atom stereocenters. The number of carbonyl (C=O) groups excluding carboxylic acids is 3. The molecule has 2 aliphatic rings. The zero-order valence-electron chi connectivity index (χ0n) is 25.2. The first-order chi connectivity index (χ1) is 20.9. The molecule has 11 heteroatoms. The van der Waals surface area contributed by atoms with Crippen molar-refractivity contribution in [2.45, 2.75) is 38.8 Å². The van der Waals surface area contributed by atoms with E-state index < -0.39 is 17.4 Å². The highest BCUT2D eigenvalue weighted by Crippen LogP contribution is 2.55. The molecule has 0 saturated carbocycles. The number of fused-ring (bicyclic) bond motifs is 4. The Hall–Kier alpha value is -4.34. The number of benzene rings is 3. The Morgan fingerprint density at radius 3 is 2.43 bits per heavy atom. The number of aryl methyl sites for hydroxylation is 1. The molecule has 3 amide bonds. The lowest BCUT2D eigenvalue weighted by atomic mass is 9.86. The van der Waals surface area contributed by atoms with Crippen LogP contribution in [0.25, 0.3) is 11.4 Å². The van der Waals surface area contributed by atoms with Crippen LogP contribution in [0.15, 0.2) is 54.6 Å². The van der Waals surface area contributed by atoms with Gasteiger partial charge in [-0.1, -0.05) is 41.4 Å². The fraction of sp³-hybridized carbons (Fsp3) is 0.273. The van der Waals surface area contributed by atoms with Gasteiger partial charge in [0.2, 0.25) is 5.91 Å². The van der Waals surface area contributed by atoms with Crippen LogP contribution in [0.2, 0.25) is 10.0 Å². The molecule has 1 aromatic heterocycles. The normalized spacial score (nSPS) is 16.9. The number of anilines is 2. The predicted molar refractivity (Wildman–Crippen MR) is 171 cm³/mol. The number of hydrogen-bond donors (Lipinski definition) is 1. The van der Waals surface area contributed by atoms with Gasteiger partial charge < -0.3 is 19.5 Å². The summed E-state index contributed by atoms with van der Waals surface area (Å²) in [6, 6.07) is 15.7. The van der Waals surface area contributed by atoms with Crippen LogP contribution in [-0.2, 0) is 21.5 Å². The summed E-state index contributed by atoms with van der Waals surface area (Å²) in [6.45, 7) is 5.81. The Morgan fingerprint density at radius 2 is 1.75 bits per heavy atom. The second kappa shape index (κ2) is 10.7. The Kier molecular flexibility index (Phi) is 7.21. The molecule has 226 valence electrons. The lowest BCUT2D eigenvalue weighted by Gasteiger charge is -2.36.